The van der Waals surface area contributed by atoms with Crippen molar-refractivity contribution >= 4 is 21.6 Å². The first-order valence-electron chi connectivity index (χ1n) is 5.82. The molecular formula is C14H13BrN2O. The fraction of sp³-hybridized carbons (Fsp3) is 0.214. The van der Waals surface area contributed by atoms with Crippen molar-refractivity contribution in [2.75, 3.05) is 18.6 Å². The monoisotopic (exact) mass is 304 g/mol. The largest absolute Gasteiger partial charge is 0.489 e. The summed E-state index contributed by atoms with van der Waals surface area (Å²) in [5.41, 5.74) is 2.12. The molecule has 0 radical (unpaired) electrons. The van der Waals surface area contributed by atoms with E-state index >= 15 is 0 Å². The van der Waals surface area contributed by atoms with E-state index in [1.54, 1.807) is 0 Å². The van der Waals surface area contributed by atoms with Gasteiger partial charge in [-0.2, -0.15) is 0 Å². The Kier molecular flexibility index (Phi) is 2.96. The summed E-state index contributed by atoms with van der Waals surface area (Å²) in [4.78, 5) is 6.63. The Balaban J connectivity index is 1.99. The second-order valence-electron chi connectivity index (χ2n) is 4.30. The van der Waals surface area contributed by atoms with Crippen LogP contribution in [0.3, 0.4) is 0 Å². The van der Waals surface area contributed by atoms with Gasteiger partial charge in [-0.1, -0.05) is 22.0 Å². The third-order valence-corrected chi connectivity index (χ3v) is 3.69. The number of pyridine rings is 1. The maximum atomic E-state index is 5.81. The van der Waals surface area contributed by atoms with Gasteiger partial charge in [0.25, 0.3) is 0 Å². The molecule has 0 aliphatic carbocycles. The highest BCUT2D eigenvalue weighted by atomic mass is 79.9. The molecule has 1 aliphatic heterocycles. The minimum absolute atomic E-state index is 0.160. The molecule has 0 saturated carbocycles. The Bertz CT molecular complexity index is 559. The average Bonchev–Trinajstić information content (AvgIpc) is 2.41. The summed E-state index contributed by atoms with van der Waals surface area (Å²) in [6, 6.07) is 12.2. The molecule has 2 aromatic rings. The van der Waals surface area contributed by atoms with E-state index in [1.165, 1.54) is 0 Å². The molecule has 3 nitrogen and oxygen atoms in total. The minimum Gasteiger partial charge on any atom is -0.489 e. The Morgan fingerprint density at radius 2 is 2.22 bits per heavy atom. The molecule has 0 saturated heterocycles. The van der Waals surface area contributed by atoms with E-state index in [0.717, 1.165) is 21.6 Å². The molecule has 1 aromatic heterocycles. The Hall–Kier alpha value is -1.55. The lowest BCUT2D eigenvalue weighted by atomic mass is 10.1. The van der Waals surface area contributed by atoms with Gasteiger partial charge in [0.05, 0.1) is 11.4 Å². The summed E-state index contributed by atoms with van der Waals surface area (Å²) in [5, 5.41) is 0. The number of benzene rings is 1. The highest BCUT2D eigenvalue weighted by Gasteiger charge is 2.26. The maximum absolute atomic E-state index is 5.81. The van der Waals surface area contributed by atoms with Gasteiger partial charge >= 0.3 is 0 Å². The van der Waals surface area contributed by atoms with Crippen molar-refractivity contribution in [2.45, 2.75) is 6.04 Å². The van der Waals surface area contributed by atoms with Crippen molar-refractivity contribution < 1.29 is 4.74 Å². The van der Waals surface area contributed by atoms with Crippen molar-refractivity contribution in [3.8, 4) is 5.75 Å². The van der Waals surface area contributed by atoms with E-state index < -0.39 is 0 Å². The molecule has 0 N–H and O–H groups in total. The van der Waals surface area contributed by atoms with Gasteiger partial charge in [-0.3, -0.25) is 4.98 Å². The van der Waals surface area contributed by atoms with E-state index in [2.05, 4.69) is 38.9 Å². The van der Waals surface area contributed by atoms with Crippen molar-refractivity contribution in [2.24, 2.45) is 0 Å². The molecule has 0 amide bonds. The zero-order chi connectivity index (χ0) is 12.5. The first kappa shape index (κ1) is 11.5. The molecule has 0 spiro atoms. The summed E-state index contributed by atoms with van der Waals surface area (Å²) in [6.45, 7) is 0.627. The average molecular weight is 305 g/mol. The number of nitrogens with zero attached hydrogens (tertiary/aromatic N) is 2. The van der Waals surface area contributed by atoms with Gasteiger partial charge in [-0.05, 0) is 30.3 Å². The molecule has 1 atom stereocenters. The first-order valence-corrected chi connectivity index (χ1v) is 6.61. The first-order chi connectivity index (χ1) is 8.75. The Morgan fingerprint density at radius 3 is 3.00 bits per heavy atom. The lowest BCUT2D eigenvalue weighted by Gasteiger charge is -2.35. The number of rotatable bonds is 1. The number of halogens is 1. The molecule has 3 rings (SSSR count). The number of fused-ring (bicyclic) bond motifs is 1. The minimum atomic E-state index is 0.160. The molecule has 18 heavy (non-hydrogen) atoms. The van der Waals surface area contributed by atoms with Gasteiger partial charge in [0, 0.05) is 17.7 Å². The predicted octanol–water partition coefficient (Wildman–Crippen LogP) is 3.41. The topological polar surface area (TPSA) is 25.4 Å². The van der Waals surface area contributed by atoms with Crippen molar-refractivity contribution in [3.63, 3.8) is 0 Å². The summed E-state index contributed by atoms with van der Waals surface area (Å²) in [7, 11) is 2.08. The van der Waals surface area contributed by atoms with Crippen LogP contribution in [0, 0.1) is 0 Å². The molecule has 0 fully saturated rings. The van der Waals surface area contributed by atoms with Gasteiger partial charge in [-0.25, -0.2) is 0 Å². The van der Waals surface area contributed by atoms with Crippen LogP contribution in [0.1, 0.15) is 11.7 Å². The van der Waals surface area contributed by atoms with E-state index in [-0.39, 0.29) is 6.04 Å². The predicted molar refractivity (Wildman–Crippen MR) is 75.0 cm³/mol. The fourth-order valence-electron chi connectivity index (χ4n) is 2.19. The summed E-state index contributed by atoms with van der Waals surface area (Å²) < 4.78 is 6.87. The highest BCUT2D eigenvalue weighted by molar-refractivity contribution is 9.10. The van der Waals surface area contributed by atoms with E-state index in [1.807, 2.05) is 36.5 Å². The zero-order valence-corrected chi connectivity index (χ0v) is 11.6. The van der Waals surface area contributed by atoms with Gasteiger partial charge in [0.1, 0.15) is 18.4 Å². The molecule has 0 bridgehead atoms. The molecule has 2 heterocycles. The van der Waals surface area contributed by atoms with E-state index in [0.29, 0.717) is 6.61 Å². The van der Waals surface area contributed by atoms with Gasteiger partial charge in [-0.15, -0.1) is 0 Å². The van der Waals surface area contributed by atoms with Crippen LogP contribution in [0.5, 0.6) is 5.75 Å². The van der Waals surface area contributed by atoms with Crippen molar-refractivity contribution in [1.82, 2.24) is 4.98 Å². The molecular weight excluding hydrogens is 292 g/mol. The van der Waals surface area contributed by atoms with Crippen LogP contribution in [0.2, 0.25) is 0 Å². The lowest BCUT2D eigenvalue weighted by Crippen LogP contribution is -2.33. The van der Waals surface area contributed by atoms with Crippen LogP contribution in [-0.2, 0) is 0 Å². The maximum Gasteiger partial charge on any atom is 0.142 e. The third kappa shape index (κ3) is 1.97. The summed E-state index contributed by atoms with van der Waals surface area (Å²) in [5.74, 6) is 0.924. The van der Waals surface area contributed by atoms with Crippen LogP contribution >= 0.6 is 15.9 Å². The molecule has 92 valence electrons. The van der Waals surface area contributed by atoms with Crippen LogP contribution in [0.15, 0.2) is 47.1 Å². The van der Waals surface area contributed by atoms with E-state index in [9.17, 15) is 0 Å². The van der Waals surface area contributed by atoms with E-state index in [4.69, 9.17) is 4.74 Å². The van der Waals surface area contributed by atoms with Crippen molar-refractivity contribution in [1.29, 1.82) is 0 Å². The van der Waals surface area contributed by atoms with Crippen LogP contribution in [-0.4, -0.2) is 18.6 Å². The van der Waals surface area contributed by atoms with Crippen LogP contribution in [0.25, 0.3) is 0 Å². The summed E-state index contributed by atoms with van der Waals surface area (Å²) in [6.07, 6.45) is 1.82. The van der Waals surface area contributed by atoms with Crippen LogP contribution in [0.4, 0.5) is 5.69 Å². The standard InChI is InChI=1S/C14H13BrN2O/c1-17-12-8-10(15)5-6-14(12)18-9-13(17)11-4-2-3-7-16-11/h2-8,13H,9H2,1H3. The number of hydrogen-bond acceptors (Lipinski definition) is 3. The van der Waals surface area contributed by atoms with Gasteiger partial charge in [0.15, 0.2) is 0 Å². The van der Waals surface area contributed by atoms with Crippen LogP contribution < -0.4 is 9.64 Å². The second-order valence-corrected chi connectivity index (χ2v) is 5.22. The zero-order valence-electron chi connectivity index (χ0n) is 10.0. The Labute approximate surface area is 115 Å². The molecule has 1 aromatic carbocycles. The van der Waals surface area contributed by atoms with Crippen molar-refractivity contribution in [3.05, 3.63) is 52.8 Å². The number of aromatic nitrogens is 1. The molecule has 4 heteroatoms. The summed E-state index contributed by atoms with van der Waals surface area (Å²) >= 11 is 3.50. The smallest absolute Gasteiger partial charge is 0.142 e. The number of hydrogen-bond donors (Lipinski definition) is 0. The molecule has 1 unspecified atom stereocenters. The second kappa shape index (κ2) is 4.61. The molecule has 1 aliphatic rings. The number of likely N-dealkylation sites (N-methyl/N-ethyl adjacent to an activating group) is 1. The fourth-order valence-corrected chi connectivity index (χ4v) is 2.54. The third-order valence-electron chi connectivity index (χ3n) is 3.19. The number of ether oxygens (including phenoxy) is 1. The van der Waals surface area contributed by atoms with Gasteiger partial charge in [0.2, 0.25) is 0 Å². The Morgan fingerprint density at radius 1 is 1.33 bits per heavy atom. The van der Waals surface area contributed by atoms with Gasteiger partial charge < -0.3 is 9.64 Å². The highest BCUT2D eigenvalue weighted by Crippen LogP contribution is 2.39. The number of anilines is 1. The SMILES string of the molecule is CN1c2cc(Br)ccc2OCC1c1ccccn1. The lowest BCUT2D eigenvalue weighted by molar-refractivity contribution is 0.266. The normalized spacial score (nSPS) is 18.1. The quantitative estimate of drug-likeness (QED) is 0.807.